The average molecular weight is 346 g/mol. The van der Waals surface area contributed by atoms with Crippen molar-refractivity contribution in [2.45, 2.75) is 32.6 Å². The van der Waals surface area contributed by atoms with Crippen molar-refractivity contribution in [1.82, 2.24) is 9.80 Å². The molecule has 1 atom stereocenters. The molecule has 4 rings (SSSR count). The number of likely N-dealkylation sites (tertiary alicyclic amines) is 2. The first-order valence-electron chi connectivity index (χ1n) is 9.31. The Morgan fingerprint density at radius 1 is 1.12 bits per heavy atom. The maximum absolute atomic E-state index is 13.2. The van der Waals surface area contributed by atoms with Crippen molar-refractivity contribution in [3.8, 4) is 0 Å². The fraction of sp³-hybridized carbons (Fsp3) is 0.684. The molecule has 136 valence electrons. The lowest BCUT2D eigenvalue weighted by molar-refractivity contribution is -0.139. The molecule has 3 aliphatic heterocycles. The van der Waals surface area contributed by atoms with Crippen molar-refractivity contribution in [3.63, 3.8) is 0 Å². The topological polar surface area (TPSA) is 63.0 Å². The van der Waals surface area contributed by atoms with Gasteiger partial charge in [-0.3, -0.25) is 9.59 Å². The zero-order valence-corrected chi connectivity index (χ0v) is 14.8. The fourth-order valence-electron chi connectivity index (χ4n) is 4.61. The summed E-state index contributed by atoms with van der Waals surface area (Å²) < 4.78 is 11.1. The number of amides is 2. The van der Waals surface area contributed by atoms with E-state index in [1.807, 2.05) is 16.7 Å². The highest BCUT2D eigenvalue weighted by Crippen LogP contribution is 2.45. The number of aryl methyl sites for hydroxylation is 1. The van der Waals surface area contributed by atoms with Crippen molar-refractivity contribution in [3.05, 3.63) is 23.7 Å². The van der Waals surface area contributed by atoms with E-state index in [-0.39, 0.29) is 23.1 Å². The lowest BCUT2D eigenvalue weighted by Gasteiger charge is -2.38. The van der Waals surface area contributed by atoms with Crippen molar-refractivity contribution in [1.29, 1.82) is 0 Å². The Balaban J connectivity index is 1.57. The SMILES string of the molecule is Cc1ccc(C(=O)N2CC(C(=O)N3CCCC3)C3(CCOCC3)C2)o1. The quantitative estimate of drug-likeness (QED) is 0.822. The summed E-state index contributed by atoms with van der Waals surface area (Å²) in [5.74, 6) is 1.11. The van der Waals surface area contributed by atoms with Crippen molar-refractivity contribution in [2.75, 3.05) is 39.4 Å². The van der Waals surface area contributed by atoms with Gasteiger partial charge in [0.1, 0.15) is 5.76 Å². The normalized spacial score (nSPS) is 25.7. The molecule has 2 amide bonds. The van der Waals surface area contributed by atoms with E-state index in [4.69, 9.17) is 9.15 Å². The first-order valence-corrected chi connectivity index (χ1v) is 9.31. The number of hydrogen-bond acceptors (Lipinski definition) is 4. The smallest absolute Gasteiger partial charge is 0.289 e. The number of furan rings is 1. The highest BCUT2D eigenvalue weighted by molar-refractivity contribution is 5.93. The first-order chi connectivity index (χ1) is 12.1. The van der Waals surface area contributed by atoms with E-state index in [0.29, 0.717) is 32.1 Å². The molecule has 0 aromatic carbocycles. The largest absolute Gasteiger partial charge is 0.456 e. The Labute approximate surface area is 148 Å². The Hall–Kier alpha value is -1.82. The number of carbonyl (C=O) groups is 2. The Bertz CT molecular complexity index is 656. The third-order valence-corrected chi connectivity index (χ3v) is 6.09. The standard InChI is InChI=1S/C19H26N2O4/c1-14-4-5-16(25-14)18(23)21-12-15(17(22)20-8-2-3-9-20)19(13-21)6-10-24-11-7-19/h4-5,15H,2-3,6-13H2,1H3. The van der Waals surface area contributed by atoms with E-state index in [1.54, 1.807) is 12.1 Å². The third-order valence-electron chi connectivity index (χ3n) is 6.09. The van der Waals surface area contributed by atoms with Gasteiger partial charge < -0.3 is 19.0 Å². The van der Waals surface area contributed by atoms with Gasteiger partial charge >= 0.3 is 0 Å². The van der Waals surface area contributed by atoms with Gasteiger partial charge in [0.15, 0.2) is 5.76 Å². The molecule has 25 heavy (non-hydrogen) atoms. The summed E-state index contributed by atoms with van der Waals surface area (Å²) in [6.07, 6.45) is 3.86. The minimum Gasteiger partial charge on any atom is -0.456 e. The van der Waals surface area contributed by atoms with Gasteiger partial charge in [0.2, 0.25) is 5.91 Å². The van der Waals surface area contributed by atoms with E-state index in [0.717, 1.165) is 44.5 Å². The molecule has 0 radical (unpaired) electrons. The first kappa shape index (κ1) is 16.6. The maximum atomic E-state index is 13.2. The van der Waals surface area contributed by atoms with Crippen LogP contribution in [0.2, 0.25) is 0 Å². The Morgan fingerprint density at radius 2 is 1.84 bits per heavy atom. The van der Waals surface area contributed by atoms with Crippen LogP contribution in [0.5, 0.6) is 0 Å². The Morgan fingerprint density at radius 3 is 2.48 bits per heavy atom. The van der Waals surface area contributed by atoms with E-state index >= 15 is 0 Å². The van der Waals surface area contributed by atoms with Crippen LogP contribution >= 0.6 is 0 Å². The summed E-state index contributed by atoms with van der Waals surface area (Å²) >= 11 is 0. The summed E-state index contributed by atoms with van der Waals surface area (Å²) in [6, 6.07) is 3.53. The van der Waals surface area contributed by atoms with Crippen LogP contribution in [0.25, 0.3) is 0 Å². The maximum Gasteiger partial charge on any atom is 0.289 e. The van der Waals surface area contributed by atoms with E-state index in [9.17, 15) is 9.59 Å². The molecule has 3 fully saturated rings. The second-order valence-corrected chi connectivity index (χ2v) is 7.66. The minimum absolute atomic E-state index is 0.101. The van der Waals surface area contributed by atoms with Crippen LogP contribution in [-0.2, 0) is 9.53 Å². The molecule has 0 saturated carbocycles. The molecule has 1 unspecified atom stereocenters. The molecule has 4 heterocycles. The number of carbonyl (C=O) groups excluding carboxylic acids is 2. The minimum atomic E-state index is -0.144. The molecule has 0 bridgehead atoms. The van der Waals surface area contributed by atoms with Crippen LogP contribution in [0.4, 0.5) is 0 Å². The zero-order chi connectivity index (χ0) is 17.4. The lowest BCUT2D eigenvalue weighted by Crippen LogP contribution is -2.45. The van der Waals surface area contributed by atoms with E-state index < -0.39 is 0 Å². The van der Waals surface area contributed by atoms with Gasteiger partial charge in [-0.15, -0.1) is 0 Å². The molecule has 1 aromatic rings. The van der Waals surface area contributed by atoms with Crippen molar-refractivity contribution < 1.29 is 18.7 Å². The van der Waals surface area contributed by atoms with Crippen LogP contribution < -0.4 is 0 Å². The number of ether oxygens (including phenoxy) is 1. The van der Waals surface area contributed by atoms with Gasteiger partial charge in [-0.25, -0.2) is 0 Å². The summed E-state index contributed by atoms with van der Waals surface area (Å²) in [7, 11) is 0. The monoisotopic (exact) mass is 346 g/mol. The van der Waals surface area contributed by atoms with Crippen LogP contribution in [-0.4, -0.2) is 61.0 Å². The summed E-state index contributed by atoms with van der Waals surface area (Å²) in [6.45, 7) is 6.01. The van der Waals surface area contributed by atoms with Gasteiger partial charge in [0, 0.05) is 44.8 Å². The molecular weight excluding hydrogens is 320 g/mol. The highest BCUT2D eigenvalue weighted by atomic mass is 16.5. The van der Waals surface area contributed by atoms with Gasteiger partial charge in [-0.2, -0.15) is 0 Å². The van der Waals surface area contributed by atoms with E-state index in [2.05, 4.69) is 0 Å². The molecule has 3 aliphatic rings. The summed E-state index contributed by atoms with van der Waals surface area (Å²) in [4.78, 5) is 29.8. The van der Waals surface area contributed by atoms with Crippen molar-refractivity contribution in [2.24, 2.45) is 11.3 Å². The number of rotatable bonds is 2. The predicted molar refractivity (Wildman–Crippen MR) is 91.1 cm³/mol. The van der Waals surface area contributed by atoms with E-state index in [1.165, 1.54) is 0 Å². The zero-order valence-electron chi connectivity index (χ0n) is 14.8. The van der Waals surface area contributed by atoms with Gasteiger partial charge in [-0.1, -0.05) is 0 Å². The molecular formula is C19H26N2O4. The molecule has 0 N–H and O–H groups in total. The predicted octanol–water partition coefficient (Wildman–Crippen LogP) is 2.08. The molecule has 1 aromatic heterocycles. The Kier molecular flexibility index (Phi) is 4.31. The average Bonchev–Trinajstić information content (AvgIpc) is 3.35. The fourth-order valence-corrected chi connectivity index (χ4v) is 4.61. The van der Waals surface area contributed by atoms with Crippen LogP contribution in [0.1, 0.15) is 42.0 Å². The molecule has 3 saturated heterocycles. The lowest BCUT2D eigenvalue weighted by atomic mass is 9.71. The molecule has 1 spiro atoms. The van der Waals surface area contributed by atoms with Crippen LogP contribution in [0.15, 0.2) is 16.5 Å². The molecule has 6 heteroatoms. The van der Waals surface area contributed by atoms with Gasteiger partial charge in [-0.05, 0) is 44.7 Å². The van der Waals surface area contributed by atoms with Gasteiger partial charge in [0.05, 0.1) is 5.92 Å². The molecule has 0 aliphatic carbocycles. The summed E-state index contributed by atoms with van der Waals surface area (Å²) in [5, 5.41) is 0. The van der Waals surface area contributed by atoms with Gasteiger partial charge in [0.25, 0.3) is 5.91 Å². The van der Waals surface area contributed by atoms with Crippen LogP contribution in [0.3, 0.4) is 0 Å². The second-order valence-electron chi connectivity index (χ2n) is 7.66. The molecule has 6 nitrogen and oxygen atoms in total. The highest BCUT2D eigenvalue weighted by Gasteiger charge is 2.53. The number of hydrogen-bond donors (Lipinski definition) is 0. The van der Waals surface area contributed by atoms with Crippen molar-refractivity contribution >= 4 is 11.8 Å². The van der Waals surface area contributed by atoms with Crippen LogP contribution in [0, 0.1) is 18.3 Å². The number of nitrogens with zero attached hydrogens (tertiary/aromatic N) is 2. The third kappa shape index (κ3) is 2.97. The summed E-state index contributed by atoms with van der Waals surface area (Å²) in [5.41, 5.74) is -0.144. The second kappa shape index (κ2) is 6.48.